The highest BCUT2D eigenvalue weighted by Crippen LogP contribution is 2.43. The predicted molar refractivity (Wildman–Crippen MR) is 335 cm³/mol. The predicted octanol–water partition coefficient (Wildman–Crippen LogP) is 20.7. The molecule has 3 unspecified atom stereocenters. The van der Waals surface area contributed by atoms with E-state index in [2.05, 4.69) is 57.2 Å². The highest BCUT2D eigenvalue weighted by atomic mass is 31.2. The molecule has 0 spiro atoms. The Morgan fingerprint density at radius 1 is 0.350 bits per heavy atom. The summed E-state index contributed by atoms with van der Waals surface area (Å²) < 4.78 is 39.8. The van der Waals surface area contributed by atoms with Crippen LogP contribution in [0, 0.1) is 0 Å². The normalized spacial score (nSPS) is 13.4. The van der Waals surface area contributed by atoms with Gasteiger partial charge in [0.25, 0.3) is 0 Å². The summed E-state index contributed by atoms with van der Waals surface area (Å²) in [5, 5.41) is 9.87. The summed E-state index contributed by atoms with van der Waals surface area (Å²) in [4.78, 5) is 48.8. The Morgan fingerprint density at radius 2 is 0.613 bits per heavy atom. The summed E-state index contributed by atoms with van der Waals surface area (Å²) in [7, 11) is -4.75. The van der Waals surface area contributed by atoms with Crippen LogP contribution in [0.15, 0.2) is 36.5 Å². The molecule has 0 amide bonds. The number of phosphoric ester groups is 1. The SMILES string of the molecule is CCCCC/C=C\C/C=C\C/C=C\CCCCCCCCC(=O)OC(COC(=O)CCCCCCCCCCCCCCCCCCC)COP(=O)(O)OCC(CO)OC(=O)CCCCCCCCCCCCCCCCCCC. The molecule has 12 heteroatoms. The maximum atomic E-state index is 13.0. The van der Waals surface area contributed by atoms with Gasteiger partial charge in [0, 0.05) is 19.3 Å². The van der Waals surface area contributed by atoms with E-state index in [0.717, 1.165) is 89.9 Å². The lowest BCUT2D eigenvalue weighted by Gasteiger charge is -2.21. The van der Waals surface area contributed by atoms with Gasteiger partial charge < -0.3 is 24.2 Å². The highest BCUT2D eigenvalue weighted by molar-refractivity contribution is 7.47. The van der Waals surface area contributed by atoms with Crippen LogP contribution in [0.5, 0.6) is 0 Å². The number of esters is 3. The fourth-order valence-electron chi connectivity index (χ4n) is 9.90. The second-order valence-corrected chi connectivity index (χ2v) is 24.5. The van der Waals surface area contributed by atoms with Gasteiger partial charge in [-0.25, -0.2) is 4.57 Å². The molecule has 2 N–H and O–H groups in total. The molecule has 0 bridgehead atoms. The van der Waals surface area contributed by atoms with E-state index in [0.29, 0.717) is 19.3 Å². The smallest absolute Gasteiger partial charge is 0.462 e. The third kappa shape index (κ3) is 60.3. The highest BCUT2D eigenvalue weighted by Gasteiger charge is 2.28. The van der Waals surface area contributed by atoms with Crippen LogP contribution in [0.2, 0.25) is 0 Å². The molecule has 0 aliphatic carbocycles. The quantitative estimate of drug-likeness (QED) is 0.0197. The first-order valence-electron chi connectivity index (χ1n) is 33.9. The number of allylic oxidation sites excluding steroid dienone is 6. The van der Waals surface area contributed by atoms with Crippen molar-refractivity contribution in [3.63, 3.8) is 0 Å². The molecule has 0 heterocycles. The summed E-state index contributed by atoms with van der Waals surface area (Å²) in [6, 6.07) is 0. The Balaban J connectivity index is 4.66. The van der Waals surface area contributed by atoms with Crippen LogP contribution in [0.25, 0.3) is 0 Å². The Hall–Kier alpha value is -2.30. The van der Waals surface area contributed by atoms with E-state index >= 15 is 0 Å². The number of rotatable bonds is 64. The number of hydrogen-bond donors (Lipinski definition) is 2. The molecule has 0 rings (SSSR count). The summed E-state index contributed by atoms with van der Waals surface area (Å²) in [5.74, 6) is -1.45. The van der Waals surface area contributed by atoms with Crippen molar-refractivity contribution in [1.82, 2.24) is 0 Å². The summed E-state index contributed by atoms with van der Waals surface area (Å²) in [5.41, 5.74) is 0. The third-order valence-corrected chi connectivity index (χ3v) is 16.0. The molecule has 0 fully saturated rings. The van der Waals surface area contributed by atoms with Crippen LogP contribution < -0.4 is 0 Å². The van der Waals surface area contributed by atoms with E-state index in [-0.39, 0.29) is 25.9 Å². The van der Waals surface area contributed by atoms with Crippen molar-refractivity contribution >= 4 is 25.7 Å². The molecule has 0 radical (unpaired) electrons. The van der Waals surface area contributed by atoms with Crippen LogP contribution in [-0.2, 0) is 42.2 Å². The lowest BCUT2D eigenvalue weighted by Crippen LogP contribution is -2.30. The molecule has 11 nitrogen and oxygen atoms in total. The zero-order valence-electron chi connectivity index (χ0n) is 52.3. The zero-order valence-corrected chi connectivity index (χ0v) is 53.2. The number of hydrogen-bond acceptors (Lipinski definition) is 10. The van der Waals surface area contributed by atoms with Gasteiger partial charge in [-0.15, -0.1) is 0 Å². The Kier molecular flexibility index (Phi) is 60.9. The number of unbranched alkanes of at least 4 members (excludes halogenated alkanes) is 41. The number of aliphatic hydroxyl groups is 1. The Bertz CT molecular complexity index is 1480. The standard InChI is InChI=1S/C68H127O11P/c1-4-7-10-13-16-19-22-25-28-31-32-35-38-41-44-47-50-53-56-59-68(72)79-65(61-75-66(70)57-54-51-48-45-42-39-36-33-29-26-23-20-17-14-11-8-5-2)63-77-80(73,74)76-62-64(60-69)78-67(71)58-55-52-49-46-43-40-37-34-30-27-24-21-18-15-12-9-6-3/h16,19,25,28,32,35,64-65,69H,4-15,17-18,20-24,26-27,29-31,33-34,36-63H2,1-3H3,(H,73,74)/b19-16-,28-25-,35-32-. The van der Waals surface area contributed by atoms with E-state index in [9.17, 15) is 28.9 Å². The van der Waals surface area contributed by atoms with Crippen molar-refractivity contribution in [3.05, 3.63) is 36.5 Å². The van der Waals surface area contributed by atoms with Crippen molar-refractivity contribution in [2.75, 3.05) is 26.4 Å². The van der Waals surface area contributed by atoms with Crippen molar-refractivity contribution in [2.45, 2.75) is 354 Å². The van der Waals surface area contributed by atoms with Gasteiger partial charge in [0.2, 0.25) is 0 Å². The molecule has 0 saturated heterocycles. The van der Waals surface area contributed by atoms with Crippen LogP contribution in [0.3, 0.4) is 0 Å². The monoisotopic (exact) mass is 1150 g/mol. The minimum atomic E-state index is -4.75. The Morgan fingerprint density at radius 3 is 0.963 bits per heavy atom. The van der Waals surface area contributed by atoms with Gasteiger partial charge in [-0.1, -0.05) is 301 Å². The molecule has 0 saturated carbocycles. The van der Waals surface area contributed by atoms with Crippen LogP contribution >= 0.6 is 7.82 Å². The first kappa shape index (κ1) is 77.7. The molecular formula is C68H127O11P. The maximum Gasteiger partial charge on any atom is 0.472 e. The zero-order chi connectivity index (χ0) is 58.3. The Labute approximate surface area is 492 Å². The molecule has 80 heavy (non-hydrogen) atoms. The lowest BCUT2D eigenvalue weighted by atomic mass is 10.0. The number of carbonyl (C=O) groups excluding carboxylic acids is 3. The molecule has 0 aromatic rings. The van der Waals surface area contributed by atoms with Crippen LogP contribution in [-0.4, -0.2) is 66.5 Å². The van der Waals surface area contributed by atoms with Crippen molar-refractivity contribution in [1.29, 1.82) is 0 Å². The largest absolute Gasteiger partial charge is 0.472 e. The molecule has 0 aliphatic heterocycles. The third-order valence-electron chi connectivity index (χ3n) is 15.1. The molecule has 0 aromatic carbocycles. The number of aliphatic hydroxyl groups excluding tert-OH is 1. The number of phosphoric acid groups is 1. The van der Waals surface area contributed by atoms with Crippen LogP contribution in [0.4, 0.5) is 0 Å². The topological polar surface area (TPSA) is 155 Å². The van der Waals surface area contributed by atoms with Gasteiger partial charge in [0.05, 0.1) is 19.8 Å². The summed E-state index contributed by atoms with van der Waals surface area (Å²) in [6.07, 6.45) is 68.0. The fraction of sp³-hybridized carbons (Fsp3) is 0.868. The van der Waals surface area contributed by atoms with Gasteiger partial charge in [0.15, 0.2) is 6.10 Å². The fourth-order valence-corrected chi connectivity index (χ4v) is 10.7. The number of ether oxygens (including phenoxy) is 3. The van der Waals surface area contributed by atoms with E-state index in [4.69, 9.17) is 23.3 Å². The second-order valence-electron chi connectivity index (χ2n) is 23.0. The van der Waals surface area contributed by atoms with Gasteiger partial charge >= 0.3 is 25.7 Å². The van der Waals surface area contributed by atoms with Gasteiger partial charge in [-0.2, -0.15) is 0 Å². The molecule has 0 aliphatic rings. The van der Waals surface area contributed by atoms with E-state index < -0.39 is 57.8 Å². The summed E-state index contributed by atoms with van der Waals surface area (Å²) in [6.45, 7) is 4.69. The van der Waals surface area contributed by atoms with Gasteiger partial charge in [-0.05, 0) is 57.8 Å². The molecule has 0 aromatic heterocycles. The van der Waals surface area contributed by atoms with Crippen LogP contribution in [0.1, 0.15) is 342 Å². The minimum Gasteiger partial charge on any atom is -0.462 e. The van der Waals surface area contributed by atoms with E-state index in [1.807, 2.05) is 0 Å². The minimum absolute atomic E-state index is 0.158. The van der Waals surface area contributed by atoms with Crippen molar-refractivity contribution in [3.8, 4) is 0 Å². The number of carbonyl (C=O) groups is 3. The van der Waals surface area contributed by atoms with Crippen molar-refractivity contribution in [2.24, 2.45) is 0 Å². The summed E-state index contributed by atoms with van der Waals surface area (Å²) >= 11 is 0. The van der Waals surface area contributed by atoms with E-state index in [1.54, 1.807) is 0 Å². The maximum absolute atomic E-state index is 13.0. The average molecular weight is 1150 g/mol. The lowest BCUT2D eigenvalue weighted by molar-refractivity contribution is -0.161. The second kappa shape index (κ2) is 62.7. The van der Waals surface area contributed by atoms with Crippen molar-refractivity contribution < 1.29 is 52.2 Å². The van der Waals surface area contributed by atoms with Gasteiger partial charge in [-0.3, -0.25) is 23.4 Å². The molecule has 470 valence electrons. The van der Waals surface area contributed by atoms with Gasteiger partial charge in [0.1, 0.15) is 12.7 Å². The van der Waals surface area contributed by atoms with E-state index in [1.165, 1.54) is 193 Å². The average Bonchev–Trinajstić information content (AvgIpc) is 3.45. The molecule has 3 atom stereocenters. The molecular weight excluding hydrogens is 1020 g/mol. The first-order valence-corrected chi connectivity index (χ1v) is 35.4. The first-order chi connectivity index (χ1) is 39.2.